The maximum atomic E-state index is 5.34. The summed E-state index contributed by atoms with van der Waals surface area (Å²) >= 11 is 5.34. The first kappa shape index (κ1) is 12.2. The summed E-state index contributed by atoms with van der Waals surface area (Å²) in [6.45, 7) is 3.37. The van der Waals surface area contributed by atoms with E-state index in [0.29, 0.717) is 6.04 Å². The fourth-order valence-corrected chi connectivity index (χ4v) is 2.82. The third-order valence-corrected chi connectivity index (χ3v) is 4.21. The summed E-state index contributed by atoms with van der Waals surface area (Å²) in [5.41, 5.74) is 0. The van der Waals surface area contributed by atoms with Gasteiger partial charge in [-0.25, -0.2) is 0 Å². The second-order valence-corrected chi connectivity index (χ2v) is 5.91. The van der Waals surface area contributed by atoms with E-state index >= 15 is 0 Å². The minimum Gasteiger partial charge on any atom is -0.362 e. The lowest BCUT2D eigenvalue weighted by Crippen LogP contribution is -2.44. The summed E-state index contributed by atoms with van der Waals surface area (Å²) in [5.74, 6) is 1.75. The summed E-state index contributed by atoms with van der Waals surface area (Å²) < 4.78 is 0. The first-order valence-corrected chi connectivity index (χ1v) is 7.21. The molecular formula is C13H24N2S. The van der Waals surface area contributed by atoms with Crippen molar-refractivity contribution in [2.24, 2.45) is 11.8 Å². The molecule has 0 saturated heterocycles. The van der Waals surface area contributed by atoms with Crippen molar-refractivity contribution in [1.82, 2.24) is 10.6 Å². The van der Waals surface area contributed by atoms with Gasteiger partial charge in [0.05, 0.1) is 0 Å². The number of hydrogen-bond acceptors (Lipinski definition) is 1. The Morgan fingerprint density at radius 2 is 1.88 bits per heavy atom. The molecule has 0 aromatic rings. The van der Waals surface area contributed by atoms with E-state index in [2.05, 4.69) is 17.6 Å². The molecule has 0 aliphatic heterocycles. The lowest BCUT2D eigenvalue weighted by Gasteiger charge is -2.25. The van der Waals surface area contributed by atoms with Crippen LogP contribution in [0, 0.1) is 11.8 Å². The molecule has 2 fully saturated rings. The monoisotopic (exact) mass is 240 g/mol. The minimum absolute atomic E-state index is 0.630. The van der Waals surface area contributed by atoms with E-state index in [1.165, 1.54) is 44.9 Å². The van der Waals surface area contributed by atoms with E-state index in [-0.39, 0.29) is 0 Å². The molecule has 0 aromatic carbocycles. The highest BCUT2D eigenvalue weighted by atomic mass is 32.1. The topological polar surface area (TPSA) is 24.1 Å². The molecule has 0 heterocycles. The maximum absolute atomic E-state index is 5.34. The Morgan fingerprint density at radius 1 is 1.19 bits per heavy atom. The van der Waals surface area contributed by atoms with Gasteiger partial charge in [0, 0.05) is 12.6 Å². The Labute approximate surface area is 105 Å². The lowest BCUT2D eigenvalue weighted by molar-refractivity contribution is 0.409. The second kappa shape index (κ2) is 5.85. The maximum Gasteiger partial charge on any atom is 0.166 e. The first-order chi connectivity index (χ1) is 7.75. The highest BCUT2D eigenvalue weighted by Gasteiger charge is 2.27. The van der Waals surface area contributed by atoms with Crippen LogP contribution in [0.5, 0.6) is 0 Å². The lowest BCUT2D eigenvalue weighted by atomic mass is 9.96. The van der Waals surface area contributed by atoms with Crippen molar-refractivity contribution in [3.63, 3.8) is 0 Å². The van der Waals surface area contributed by atoms with E-state index in [1.807, 2.05) is 0 Å². The normalized spacial score (nSPS) is 23.8. The average molecular weight is 240 g/mol. The van der Waals surface area contributed by atoms with Crippen molar-refractivity contribution in [1.29, 1.82) is 0 Å². The van der Waals surface area contributed by atoms with Crippen molar-refractivity contribution < 1.29 is 0 Å². The van der Waals surface area contributed by atoms with Crippen molar-refractivity contribution in [2.75, 3.05) is 6.54 Å². The van der Waals surface area contributed by atoms with Gasteiger partial charge in [0.25, 0.3) is 0 Å². The van der Waals surface area contributed by atoms with Crippen LogP contribution in [0.3, 0.4) is 0 Å². The second-order valence-electron chi connectivity index (χ2n) is 5.50. The Morgan fingerprint density at radius 3 is 2.50 bits per heavy atom. The molecule has 1 unspecified atom stereocenters. The Balaban J connectivity index is 1.59. The zero-order chi connectivity index (χ0) is 11.4. The van der Waals surface area contributed by atoms with Gasteiger partial charge in [-0.1, -0.05) is 26.2 Å². The Kier molecular flexibility index (Phi) is 4.45. The summed E-state index contributed by atoms with van der Waals surface area (Å²) in [5, 5.41) is 7.70. The largest absolute Gasteiger partial charge is 0.362 e. The molecular weight excluding hydrogens is 216 g/mol. The van der Waals surface area contributed by atoms with Gasteiger partial charge in [0.2, 0.25) is 0 Å². The smallest absolute Gasteiger partial charge is 0.166 e. The van der Waals surface area contributed by atoms with Crippen LogP contribution >= 0.6 is 12.2 Å². The molecule has 0 radical (unpaired) electrons. The van der Waals surface area contributed by atoms with Crippen LogP contribution in [0.4, 0.5) is 0 Å². The predicted octanol–water partition coefficient (Wildman–Crippen LogP) is 2.83. The molecule has 2 nitrogen and oxygen atoms in total. The molecule has 0 amide bonds. The van der Waals surface area contributed by atoms with Crippen LogP contribution in [0.1, 0.15) is 51.9 Å². The Bertz CT molecular complexity index is 232. The van der Waals surface area contributed by atoms with Gasteiger partial charge in [-0.3, -0.25) is 0 Å². The standard InChI is InChI=1S/C13H24N2S/c1-10(11-7-8-11)9-14-13(16)15-12-5-3-2-4-6-12/h10-12H,2-9H2,1H3,(H2,14,15,16). The molecule has 2 saturated carbocycles. The van der Waals surface area contributed by atoms with Crippen LogP contribution < -0.4 is 10.6 Å². The molecule has 2 N–H and O–H groups in total. The summed E-state index contributed by atoms with van der Waals surface area (Å²) in [4.78, 5) is 0. The first-order valence-electron chi connectivity index (χ1n) is 6.80. The minimum atomic E-state index is 0.630. The van der Waals surface area contributed by atoms with E-state index < -0.39 is 0 Å². The highest BCUT2D eigenvalue weighted by molar-refractivity contribution is 7.80. The van der Waals surface area contributed by atoms with E-state index in [9.17, 15) is 0 Å². The van der Waals surface area contributed by atoms with Crippen molar-refractivity contribution in [3.05, 3.63) is 0 Å². The summed E-state index contributed by atoms with van der Waals surface area (Å²) in [7, 11) is 0. The van der Waals surface area contributed by atoms with E-state index in [4.69, 9.17) is 12.2 Å². The van der Waals surface area contributed by atoms with Crippen molar-refractivity contribution in [3.8, 4) is 0 Å². The quantitative estimate of drug-likeness (QED) is 0.739. The van der Waals surface area contributed by atoms with Gasteiger partial charge in [0.15, 0.2) is 5.11 Å². The highest BCUT2D eigenvalue weighted by Crippen LogP contribution is 2.36. The van der Waals surface area contributed by atoms with Gasteiger partial charge < -0.3 is 10.6 Å². The number of nitrogens with one attached hydrogen (secondary N) is 2. The molecule has 0 spiro atoms. The van der Waals surface area contributed by atoms with E-state index in [1.54, 1.807) is 0 Å². The van der Waals surface area contributed by atoms with Crippen LogP contribution in [-0.2, 0) is 0 Å². The molecule has 2 aliphatic carbocycles. The third kappa shape index (κ3) is 3.93. The predicted molar refractivity (Wildman–Crippen MR) is 72.5 cm³/mol. The fourth-order valence-electron chi connectivity index (χ4n) is 2.57. The molecule has 92 valence electrons. The number of rotatable bonds is 4. The van der Waals surface area contributed by atoms with Crippen LogP contribution in [0.15, 0.2) is 0 Å². The molecule has 2 aliphatic rings. The Hall–Kier alpha value is -0.310. The fraction of sp³-hybridized carbons (Fsp3) is 0.923. The molecule has 3 heteroatoms. The van der Waals surface area contributed by atoms with Crippen molar-refractivity contribution in [2.45, 2.75) is 57.9 Å². The molecule has 16 heavy (non-hydrogen) atoms. The van der Waals surface area contributed by atoms with Gasteiger partial charge in [-0.05, 0) is 49.7 Å². The third-order valence-electron chi connectivity index (χ3n) is 3.95. The zero-order valence-corrected chi connectivity index (χ0v) is 11.1. The van der Waals surface area contributed by atoms with Gasteiger partial charge in [-0.15, -0.1) is 0 Å². The summed E-state index contributed by atoms with van der Waals surface area (Å²) in [6, 6.07) is 0.630. The van der Waals surface area contributed by atoms with Crippen molar-refractivity contribution >= 4 is 17.3 Å². The van der Waals surface area contributed by atoms with Crippen LogP contribution in [0.25, 0.3) is 0 Å². The summed E-state index contributed by atoms with van der Waals surface area (Å²) in [6.07, 6.45) is 9.55. The molecule has 2 rings (SSSR count). The SMILES string of the molecule is CC(CNC(=S)NC1CCCCC1)C1CC1. The molecule has 0 aromatic heterocycles. The van der Waals surface area contributed by atoms with E-state index in [0.717, 1.165) is 23.5 Å². The van der Waals surface area contributed by atoms with Gasteiger partial charge in [-0.2, -0.15) is 0 Å². The van der Waals surface area contributed by atoms with Crippen LogP contribution in [0.2, 0.25) is 0 Å². The molecule has 0 bridgehead atoms. The zero-order valence-electron chi connectivity index (χ0n) is 10.3. The van der Waals surface area contributed by atoms with Gasteiger partial charge in [0.1, 0.15) is 0 Å². The average Bonchev–Trinajstić information content (AvgIpc) is 3.11. The van der Waals surface area contributed by atoms with Gasteiger partial charge >= 0.3 is 0 Å². The molecule has 1 atom stereocenters. The number of thiocarbonyl (C=S) groups is 1. The van der Waals surface area contributed by atoms with Crippen LogP contribution in [-0.4, -0.2) is 17.7 Å². The number of hydrogen-bond donors (Lipinski definition) is 2.